The molecule has 0 heterocycles. The van der Waals surface area contributed by atoms with Crippen molar-refractivity contribution in [2.24, 2.45) is 10.3 Å². The summed E-state index contributed by atoms with van der Waals surface area (Å²) in [5.74, 6) is 0.780. The number of methoxy groups -OCH3 is 1. The number of hydrogen-bond donors (Lipinski definition) is 0. The Balaban J connectivity index is 2.95. The monoisotopic (exact) mass is 309 g/mol. The first kappa shape index (κ1) is 17.9. The van der Waals surface area contributed by atoms with Gasteiger partial charge in [-0.25, -0.2) is 4.21 Å². The fourth-order valence-corrected chi connectivity index (χ4v) is 2.72. The smallest absolute Gasteiger partial charge is 0.200 e. The predicted octanol–water partition coefficient (Wildman–Crippen LogP) is 4.15. The van der Waals surface area contributed by atoms with Gasteiger partial charge >= 0.3 is 0 Å². The Kier molecular flexibility index (Phi) is 7.09. The molecule has 4 heteroatoms. The summed E-state index contributed by atoms with van der Waals surface area (Å²) < 4.78 is 21.7. The van der Waals surface area contributed by atoms with Gasteiger partial charge in [0.05, 0.1) is 11.9 Å². The maximum atomic E-state index is 12.2. The molecule has 1 aromatic rings. The summed E-state index contributed by atoms with van der Waals surface area (Å²) >= 11 is 0. The van der Waals surface area contributed by atoms with Gasteiger partial charge in [0.25, 0.3) is 0 Å². The zero-order valence-electron chi connectivity index (χ0n) is 13.8. The lowest BCUT2D eigenvalue weighted by atomic mass is 9.95. The third-order valence-electron chi connectivity index (χ3n) is 3.22. The van der Waals surface area contributed by atoms with Gasteiger partial charge in [0.15, 0.2) is 0 Å². The predicted molar refractivity (Wildman–Crippen MR) is 90.9 cm³/mol. The largest absolute Gasteiger partial charge is 0.483 e. The van der Waals surface area contributed by atoms with Crippen LogP contribution in [0, 0.1) is 5.92 Å². The molecule has 0 saturated carbocycles. The minimum Gasteiger partial charge on any atom is -0.483 e. The topological polar surface area (TPSA) is 38.7 Å². The second-order valence-corrected chi connectivity index (χ2v) is 8.08. The van der Waals surface area contributed by atoms with Gasteiger partial charge in [0, 0.05) is 5.92 Å². The van der Waals surface area contributed by atoms with Crippen molar-refractivity contribution in [3.63, 3.8) is 0 Å². The Morgan fingerprint density at radius 3 is 2.38 bits per heavy atom. The molecule has 3 nitrogen and oxygen atoms in total. The normalized spacial score (nSPS) is 15.6. The number of rotatable bonds is 6. The molecule has 0 radical (unpaired) electrons. The van der Waals surface area contributed by atoms with E-state index in [1.807, 2.05) is 39.0 Å². The van der Waals surface area contributed by atoms with E-state index in [1.54, 1.807) is 7.11 Å². The molecule has 0 bridgehead atoms. The van der Waals surface area contributed by atoms with Crippen molar-refractivity contribution in [1.82, 2.24) is 0 Å². The molecule has 0 unspecified atom stereocenters. The summed E-state index contributed by atoms with van der Waals surface area (Å²) in [4.78, 5) is 0. The van der Waals surface area contributed by atoms with Gasteiger partial charge in [0.1, 0.15) is 11.0 Å². The summed E-state index contributed by atoms with van der Waals surface area (Å²) in [5.41, 5.74) is 1.25. The van der Waals surface area contributed by atoms with Crippen LogP contribution in [-0.4, -0.2) is 22.0 Å². The SMILES string of the molecule is CCC[C@@H](Cc1ccccc1)/C(=N/[S@](=O)C(C)(C)C)OC. The van der Waals surface area contributed by atoms with Crippen molar-refractivity contribution >= 4 is 16.9 Å². The molecule has 21 heavy (non-hydrogen) atoms. The first-order valence-electron chi connectivity index (χ1n) is 7.47. The Hall–Kier alpha value is -1.16. The molecule has 0 aliphatic rings. The summed E-state index contributed by atoms with van der Waals surface area (Å²) in [6.07, 6.45) is 2.88. The van der Waals surface area contributed by atoms with Crippen LogP contribution in [0.1, 0.15) is 46.1 Å². The van der Waals surface area contributed by atoms with E-state index in [-0.39, 0.29) is 10.7 Å². The Morgan fingerprint density at radius 2 is 1.90 bits per heavy atom. The van der Waals surface area contributed by atoms with E-state index in [9.17, 15) is 4.21 Å². The van der Waals surface area contributed by atoms with E-state index in [4.69, 9.17) is 4.74 Å². The van der Waals surface area contributed by atoms with Crippen LogP contribution in [0.5, 0.6) is 0 Å². The van der Waals surface area contributed by atoms with Crippen LogP contribution < -0.4 is 0 Å². The molecule has 0 spiro atoms. The number of ether oxygens (including phenoxy) is 1. The van der Waals surface area contributed by atoms with Gasteiger partial charge < -0.3 is 4.74 Å². The van der Waals surface area contributed by atoms with Crippen molar-refractivity contribution in [2.45, 2.75) is 51.7 Å². The molecule has 0 fully saturated rings. The highest BCUT2D eigenvalue weighted by Crippen LogP contribution is 2.20. The summed E-state index contributed by atoms with van der Waals surface area (Å²) in [6, 6.07) is 10.3. The van der Waals surface area contributed by atoms with Gasteiger partial charge in [-0.2, -0.15) is 4.40 Å². The Labute approximate surface area is 131 Å². The molecule has 0 aliphatic heterocycles. The average molecular weight is 309 g/mol. The van der Waals surface area contributed by atoms with Crippen molar-refractivity contribution < 1.29 is 8.95 Å². The molecular formula is C17H27NO2S. The molecule has 0 amide bonds. The van der Waals surface area contributed by atoms with Gasteiger partial charge in [-0.3, -0.25) is 0 Å². The van der Waals surface area contributed by atoms with E-state index in [0.29, 0.717) is 5.90 Å². The van der Waals surface area contributed by atoms with Crippen LogP contribution in [0.4, 0.5) is 0 Å². The molecule has 0 aliphatic carbocycles. The molecular weight excluding hydrogens is 282 g/mol. The summed E-state index contributed by atoms with van der Waals surface area (Å²) in [7, 11) is 0.331. The second kappa shape index (κ2) is 8.32. The molecule has 0 aromatic heterocycles. The van der Waals surface area contributed by atoms with Crippen molar-refractivity contribution in [3.8, 4) is 0 Å². The number of nitrogens with zero attached hydrogens (tertiary/aromatic N) is 1. The van der Waals surface area contributed by atoms with Crippen LogP contribution in [0.2, 0.25) is 0 Å². The lowest BCUT2D eigenvalue weighted by Gasteiger charge is -2.20. The lowest BCUT2D eigenvalue weighted by Crippen LogP contribution is -2.25. The maximum absolute atomic E-state index is 12.2. The van der Waals surface area contributed by atoms with E-state index in [1.165, 1.54) is 5.56 Å². The van der Waals surface area contributed by atoms with E-state index < -0.39 is 11.0 Å². The fraction of sp³-hybridized carbons (Fsp3) is 0.588. The van der Waals surface area contributed by atoms with Crippen LogP contribution in [0.25, 0.3) is 0 Å². The highest BCUT2D eigenvalue weighted by molar-refractivity contribution is 7.85. The summed E-state index contributed by atoms with van der Waals surface area (Å²) in [5, 5.41) is 0. The fourth-order valence-electron chi connectivity index (χ4n) is 2.06. The first-order valence-corrected chi connectivity index (χ1v) is 8.57. The van der Waals surface area contributed by atoms with E-state index in [2.05, 4.69) is 23.5 Å². The summed E-state index contributed by atoms with van der Waals surface area (Å²) in [6.45, 7) is 7.91. The first-order chi connectivity index (χ1) is 9.88. The number of hydrogen-bond acceptors (Lipinski definition) is 2. The average Bonchev–Trinajstić information content (AvgIpc) is 2.44. The molecule has 0 N–H and O–H groups in total. The van der Waals surface area contributed by atoms with E-state index in [0.717, 1.165) is 19.3 Å². The zero-order valence-corrected chi connectivity index (χ0v) is 14.6. The third kappa shape index (κ3) is 6.00. The van der Waals surface area contributed by atoms with Crippen LogP contribution >= 0.6 is 0 Å². The lowest BCUT2D eigenvalue weighted by molar-refractivity contribution is 0.358. The van der Waals surface area contributed by atoms with Crippen molar-refractivity contribution in [3.05, 3.63) is 35.9 Å². The number of benzene rings is 1. The Bertz CT molecular complexity index is 477. The van der Waals surface area contributed by atoms with Gasteiger partial charge in [-0.05, 0) is 39.2 Å². The van der Waals surface area contributed by atoms with Crippen LogP contribution in [0.15, 0.2) is 34.7 Å². The quantitative estimate of drug-likeness (QED) is 0.585. The maximum Gasteiger partial charge on any atom is 0.200 e. The van der Waals surface area contributed by atoms with Crippen molar-refractivity contribution in [2.75, 3.05) is 7.11 Å². The molecule has 118 valence electrons. The van der Waals surface area contributed by atoms with Crippen LogP contribution in [-0.2, 0) is 22.1 Å². The van der Waals surface area contributed by atoms with Gasteiger partial charge in [-0.15, -0.1) is 0 Å². The van der Waals surface area contributed by atoms with Crippen LogP contribution in [0.3, 0.4) is 0 Å². The van der Waals surface area contributed by atoms with Gasteiger partial charge in [0.2, 0.25) is 5.90 Å². The Morgan fingerprint density at radius 1 is 1.29 bits per heavy atom. The molecule has 1 rings (SSSR count). The molecule has 1 aromatic carbocycles. The zero-order chi connectivity index (χ0) is 15.9. The van der Waals surface area contributed by atoms with E-state index >= 15 is 0 Å². The van der Waals surface area contributed by atoms with Gasteiger partial charge in [-0.1, -0.05) is 43.7 Å². The molecule has 2 atom stereocenters. The highest BCUT2D eigenvalue weighted by atomic mass is 32.2. The standard InChI is InChI=1S/C17H27NO2S/c1-6-10-15(13-14-11-8-7-9-12-14)16(20-5)18-21(19)17(2,3)4/h7-9,11-12,15H,6,10,13H2,1-5H3/b18-16-/t15-,21+/m0/s1. The minimum atomic E-state index is -1.29. The highest BCUT2D eigenvalue weighted by Gasteiger charge is 2.23. The van der Waals surface area contributed by atoms with Crippen molar-refractivity contribution in [1.29, 1.82) is 0 Å². The minimum absolute atomic E-state index is 0.175. The third-order valence-corrected chi connectivity index (χ3v) is 4.61. The molecule has 0 saturated heterocycles. The second-order valence-electron chi connectivity index (χ2n) is 6.17.